The Morgan fingerprint density at radius 2 is 1.83 bits per heavy atom. The molecule has 0 radical (unpaired) electrons. The van der Waals surface area contributed by atoms with Crippen molar-refractivity contribution in [2.75, 3.05) is 4.72 Å². The predicted molar refractivity (Wildman–Crippen MR) is 81.3 cm³/mol. The Labute approximate surface area is 134 Å². The van der Waals surface area contributed by atoms with Crippen molar-refractivity contribution < 1.29 is 21.9 Å². The lowest BCUT2D eigenvalue weighted by Gasteiger charge is -2.09. The average Bonchev–Trinajstić information content (AvgIpc) is 2.96. The summed E-state index contributed by atoms with van der Waals surface area (Å²) in [6.45, 7) is -2.94. The van der Waals surface area contributed by atoms with E-state index in [4.69, 9.17) is 0 Å². The molecule has 0 amide bonds. The van der Waals surface area contributed by atoms with Gasteiger partial charge in [0.1, 0.15) is 21.7 Å². The third-order valence-corrected chi connectivity index (χ3v) is 4.83. The molecule has 0 atom stereocenters. The van der Waals surface area contributed by atoms with Crippen molar-refractivity contribution in [1.29, 1.82) is 0 Å². The van der Waals surface area contributed by atoms with Crippen LogP contribution in [0.5, 0.6) is 5.75 Å². The van der Waals surface area contributed by atoms with Gasteiger partial charge in [-0.05, 0) is 36.4 Å². The summed E-state index contributed by atoms with van der Waals surface area (Å²) in [5.41, 5.74) is 0.980. The van der Waals surface area contributed by atoms with Gasteiger partial charge in [0.25, 0.3) is 10.0 Å². The van der Waals surface area contributed by atoms with Gasteiger partial charge in [-0.1, -0.05) is 6.07 Å². The van der Waals surface area contributed by atoms with Gasteiger partial charge in [-0.2, -0.15) is 17.5 Å². The van der Waals surface area contributed by atoms with E-state index in [0.29, 0.717) is 5.52 Å². The molecule has 0 saturated carbocycles. The van der Waals surface area contributed by atoms with Crippen LogP contribution in [-0.2, 0) is 10.0 Å². The molecule has 0 spiro atoms. The number of hydrogen-bond acceptors (Lipinski definition) is 6. The lowest BCUT2D eigenvalue weighted by molar-refractivity contribution is -0.0498. The molecular weight excluding hydrogens is 348 g/mol. The molecule has 0 aliphatic heterocycles. The Morgan fingerprint density at radius 3 is 2.52 bits per heavy atom. The smallest absolute Gasteiger partial charge is 0.387 e. The van der Waals surface area contributed by atoms with E-state index in [0.717, 1.165) is 11.7 Å². The maximum atomic E-state index is 12.5. The van der Waals surface area contributed by atoms with Crippen LogP contribution in [0.4, 0.5) is 14.5 Å². The van der Waals surface area contributed by atoms with Crippen molar-refractivity contribution in [3.63, 3.8) is 0 Å². The number of aromatic nitrogens is 2. The van der Waals surface area contributed by atoms with E-state index in [9.17, 15) is 17.2 Å². The molecular formula is C13H9F2N3O3S2. The third-order valence-electron chi connectivity index (χ3n) is 2.87. The van der Waals surface area contributed by atoms with Crippen LogP contribution in [0.2, 0.25) is 0 Å². The van der Waals surface area contributed by atoms with E-state index in [1.807, 2.05) is 0 Å². The summed E-state index contributed by atoms with van der Waals surface area (Å²) >= 11 is 0.917. The molecule has 3 rings (SSSR count). The third kappa shape index (κ3) is 3.37. The molecule has 0 fully saturated rings. The summed E-state index contributed by atoms with van der Waals surface area (Å²) in [4.78, 5) is -0.00310. The van der Waals surface area contributed by atoms with E-state index in [2.05, 4.69) is 18.2 Å². The highest BCUT2D eigenvalue weighted by molar-refractivity contribution is 7.93. The van der Waals surface area contributed by atoms with Crippen LogP contribution in [0.1, 0.15) is 0 Å². The number of ether oxygens (including phenoxy) is 1. The minimum absolute atomic E-state index is 0.00310. The van der Waals surface area contributed by atoms with Gasteiger partial charge in [0.15, 0.2) is 0 Å². The van der Waals surface area contributed by atoms with Crippen molar-refractivity contribution in [3.8, 4) is 5.75 Å². The first-order valence-electron chi connectivity index (χ1n) is 6.25. The molecule has 0 saturated heterocycles. The molecule has 10 heteroatoms. The van der Waals surface area contributed by atoms with Gasteiger partial charge in [-0.25, -0.2) is 8.42 Å². The standard InChI is InChI=1S/C13H9F2N3O3S2/c14-13(15)21-9-6-4-8(5-7-9)18-23(19,20)11-3-1-2-10-12(11)17-22-16-10/h1-7,13,18H. The number of halogens is 2. The molecule has 0 unspecified atom stereocenters. The number of nitrogens with zero attached hydrogens (tertiary/aromatic N) is 2. The van der Waals surface area contributed by atoms with E-state index >= 15 is 0 Å². The number of benzene rings is 2. The van der Waals surface area contributed by atoms with E-state index in [-0.39, 0.29) is 21.8 Å². The second-order valence-corrected chi connectivity index (χ2v) is 6.58. The van der Waals surface area contributed by atoms with Gasteiger partial charge in [0, 0.05) is 5.69 Å². The maximum Gasteiger partial charge on any atom is 0.387 e. The number of nitrogens with one attached hydrogen (secondary N) is 1. The summed E-state index contributed by atoms with van der Waals surface area (Å²) < 4.78 is 63.6. The lowest BCUT2D eigenvalue weighted by atomic mass is 10.3. The van der Waals surface area contributed by atoms with Crippen LogP contribution < -0.4 is 9.46 Å². The van der Waals surface area contributed by atoms with Crippen molar-refractivity contribution in [3.05, 3.63) is 42.5 Å². The molecule has 120 valence electrons. The molecule has 1 N–H and O–H groups in total. The zero-order valence-corrected chi connectivity index (χ0v) is 12.9. The fraction of sp³-hybridized carbons (Fsp3) is 0.0769. The zero-order valence-electron chi connectivity index (χ0n) is 11.3. The molecule has 1 aromatic heterocycles. The van der Waals surface area contributed by atoms with E-state index < -0.39 is 16.6 Å². The van der Waals surface area contributed by atoms with Crippen molar-refractivity contribution in [2.24, 2.45) is 0 Å². The SMILES string of the molecule is O=S(=O)(Nc1ccc(OC(F)F)cc1)c1cccc2nsnc12. The highest BCUT2D eigenvalue weighted by atomic mass is 32.2. The topological polar surface area (TPSA) is 81.2 Å². The normalized spacial score (nSPS) is 11.8. The number of anilines is 1. The summed E-state index contributed by atoms with van der Waals surface area (Å²) in [5.74, 6) is -0.0613. The second kappa shape index (κ2) is 6.05. The quantitative estimate of drug-likeness (QED) is 0.759. The molecule has 0 aliphatic rings. The summed E-state index contributed by atoms with van der Waals surface area (Å²) in [6, 6.07) is 9.79. The number of sulfonamides is 1. The molecule has 1 heterocycles. The van der Waals surface area contributed by atoms with E-state index in [1.165, 1.54) is 30.3 Å². The highest BCUT2D eigenvalue weighted by Crippen LogP contribution is 2.24. The second-order valence-electron chi connectivity index (χ2n) is 4.40. The molecule has 2 aromatic carbocycles. The average molecular weight is 357 g/mol. The monoisotopic (exact) mass is 357 g/mol. The number of rotatable bonds is 5. The first kappa shape index (κ1) is 15.6. The first-order valence-corrected chi connectivity index (χ1v) is 8.46. The Kier molecular flexibility index (Phi) is 4.09. The molecule has 0 aliphatic carbocycles. The van der Waals surface area contributed by atoms with E-state index in [1.54, 1.807) is 12.1 Å². The van der Waals surface area contributed by atoms with Gasteiger partial charge < -0.3 is 4.74 Å². The molecule has 0 bridgehead atoms. The Bertz CT molecular complexity index is 927. The van der Waals surface area contributed by atoms with Gasteiger partial charge in [0.05, 0.1) is 11.7 Å². The fourth-order valence-corrected chi connectivity index (χ4v) is 3.74. The zero-order chi connectivity index (χ0) is 16.4. The minimum atomic E-state index is -3.88. The summed E-state index contributed by atoms with van der Waals surface area (Å²) in [7, 11) is -3.88. The minimum Gasteiger partial charge on any atom is -0.435 e. The van der Waals surface area contributed by atoms with Crippen molar-refractivity contribution >= 4 is 38.5 Å². The molecule has 23 heavy (non-hydrogen) atoms. The summed E-state index contributed by atoms with van der Waals surface area (Å²) in [5, 5.41) is 0. The lowest BCUT2D eigenvalue weighted by Crippen LogP contribution is -2.13. The summed E-state index contributed by atoms with van der Waals surface area (Å²) in [6.07, 6.45) is 0. The Balaban J connectivity index is 1.88. The van der Waals surface area contributed by atoms with Crippen LogP contribution in [0.25, 0.3) is 11.0 Å². The van der Waals surface area contributed by atoms with Crippen molar-refractivity contribution in [2.45, 2.75) is 11.5 Å². The van der Waals surface area contributed by atoms with Gasteiger partial charge in [0.2, 0.25) is 0 Å². The largest absolute Gasteiger partial charge is 0.435 e. The predicted octanol–water partition coefficient (Wildman–Crippen LogP) is 3.09. The van der Waals surface area contributed by atoms with Gasteiger partial charge >= 0.3 is 6.61 Å². The van der Waals surface area contributed by atoms with Crippen molar-refractivity contribution in [1.82, 2.24) is 8.75 Å². The highest BCUT2D eigenvalue weighted by Gasteiger charge is 2.19. The van der Waals surface area contributed by atoms with Crippen LogP contribution in [0, 0.1) is 0 Å². The van der Waals surface area contributed by atoms with Gasteiger partial charge in [-0.3, -0.25) is 4.72 Å². The Hall–Kier alpha value is -2.33. The number of hydrogen-bond donors (Lipinski definition) is 1. The molecule has 6 nitrogen and oxygen atoms in total. The van der Waals surface area contributed by atoms with Gasteiger partial charge in [-0.15, -0.1) is 0 Å². The van der Waals surface area contributed by atoms with Crippen LogP contribution in [0.15, 0.2) is 47.4 Å². The number of alkyl halides is 2. The van der Waals surface area contributed by atoms with Crippen LogP contribution in [-0.4, -0.2) is 23.8 Å². The Morgan fingerprint density at radius 1 is 1.09 bits per heavy atom. The van der Waals surface area contributed by atoms with Crippen LogP contribution in [0.3, 0.4) is 0 Å². The molecule has 3 aromatic rings. The maximum absolute atomic E-state index is 12.5. The first-order chi connectivity index (χ1) is 11.0. The fourth-order valence-electron chi connectivity index (χ4n) is 1.91. The van der Waals surface area contributed by atoms with Crippen LogP contribution >= 0.6 is 11.7 Å². The number of fused-ring (bicyclic) bond motifs is 1.